The van der Waals surface area contributed by atoms with E-state index in [1.807, 2.05) is 0 Å². The summed E-state index contributed by atoms with van der Waals surface area (Å²) in [6.07, 6.45) is 2.18. The van der Waals surface area contributed by atoms with Crippen LogP contribution in [-0.4, -0.2) is 55.2 Å². The zero-order valence-corrected chi connectivity index (χ0v) is 9.59. The molecule has 0 saturated carbocycles. The van der Waals surface area contributed by atoms with Crippen LogP contribution in [0.2, 0.25) is 0 Å². The molecule has 1 saturated heterocycles. The molecule has 1 N–H and O–H groups in total. The summed E-state index contributed by atoms with van der Waals surface area (Å²) in [6.45, 7) is 5.20. The highest BCUT2D eigenvalue weighted by Gasteiger charge is 2.21. The van der Waals surface area contributed by atoms with Gasteiger partial charge >= 0.3 is 0 Å². The molecule has 0 aliphatic carbocycles. The molecule has 1 aliphatic heterocycles. The molecule has 0 radical (unpaired) electrons. The maximum Gasteiger partial charge on any atom is 0.0593 e. The van der Waals surface area contributed by atoms with Crippen LogP contribution in [-0.2, 0) is 4.74 Å². The van der Waals surface area contributed by atoms with Gasteiger partial charge in [0.15, 0.2) is 0 Å². The van der Waals surface area contributed by atoms with Crippen molar-refractivity contribution in [3.63, 3.8) is 0 Å². The van der Waals surface area contributed by atoms with Gasteiger partial charge in [-0.1, -0.05) is 0 Å². The fourth-order valence-electron chi connectivity index (χ4n) is 1.89. The fraction of sp³-hybridized carbons (Fsp3) is 1.00. The monoisotopic (exact) mass is 219 g/mol. The van der Waals surface area contributed by atoms with Crippen LogP contribution < -0.4 is 0 Å². The average molecular weight is 219 g/mol. The van der Waals surface area contributed by atoms with Crippen LogP contribution >= 0.6 is 12.6 Å². The van der Waals surface area contributed by atoms with Crippen molar-refractivity contribution in [2.45, 2.75) is 12.8 Å². The summed E-state index contributed by atoms with van der Waals surface area (Å²) in [6, 6.07) is 0. The lowest BCUT2D eigenvalue weighted by Crippen LogP contribution is -2.25. The third-order valence-electron chi connectivity index (χ3n) is 2.69. The summed E-state index contributed by atoms with van der Waals surface area (Å²) in [5, 5.41) is 8.81. The van der Waals surface area contributed by atoms with Crippen molar-refractivity contribution in [2.75, 3.05) is 45.2 Å². The summed E-state index contributed by atoms with van der Waals surface area (Å²) >= 11 is 4.08. The van der Waals surface area contributed by atoms with Crippen LogP contribution in [0, 0.1) is 5.92 Å². The first kappa shape index (κ1) is 12.3. The number of nitrogens with zero attached hydrogens (tertiary/aromatic N) is 1. The Morgan fingerprint density at radius 1 is 1.43 bits per heavy atom. The van der Waals surface area contributed by atoms with Crippen LogP contribution in [0.15, 0.2) is 0 Å². The third-order valence-corrected chi connectivity index (χ3v) is 2.88. The van der Waals surface area contributed by atoms with Crippen molar-refractivity contribution in [3.8, 4) is 0 Å². The molecule has 3 nitrogen and oxygen atoms in total. The molecule has 1 heterocycles. The molecular weight excluding hydrogens is 198 g/mol. The quantitative estimate of drug-likeness (QED) is 0.487. The Balaban J connectivity index is 1.98. The molecule has 0 spiro atoms. The zero-order valence-electron chi connectivity index (χ0n) is 8.69. The van der Waals surface area contributed by atoms with Crippen LogP contribution in [0.5, 0.6) is 0 Å². The van der Waals surface area contributed by atoms with Crippen LogP contribution in [0.3, 0.4) is 0 Å². The van der Waals surface area contributed by atoms with Gasteiger partial charge in [0.1, 0.15) is 0 Å². The first-order valence-corrected chi connectivity index (χ1v) is 6.02. The van der Waals surface area contributed by atoms with Gasteiger partial charge in [-0.2, -0.15) is 12.6 Å². The van der Waals surface area contributed by atoms with Crippen molar-refractivity contribution >= 4 is 12.6 Å². The number of hydrogen-bond donors (Lipinski definition) is 2. The molecule has 0 aromatic heterocycles. The van der Waals surface area contributed by atoms with E-state index in [0.717, 1.165) is 45.0 Å². The van der Waals surface area contributed by atoms with Crippen molar-refractivity contribution in [1.82, 2.24) is 4.90 Å². The van der Waals surface area contributed by atoms with E-state index in [1.165, 1.54) is 6.42 Å². The van der Waals surface area contributed by atoms with E-state index < -0.39 is 0 Å². The first-order valence-electron chi connectivity index (χ1n) is 5.38. The van der Waals surface area contributed by atoms with E-state index >= 15 is 0 Å². The fourth-order valence-corrected chi connectivity index (χ4v) is 2.02. The van der Waals surface area contributed by atoms with Crippen molar-refractivity contribution in [1.29, 1.82) is 0 Å². The Bertz CT molecular complexity index is 146. The summed E-state index contributed by atoms with van der Waals surface area (Å²) < 4.78 is 5.37. The molecule has 1 unspecified atom stereocenters. The maximum absolute atomic E-state index is 8.81. The summed E-state index contributed by atoms with van der Waals surface area (Å²) in [5.41, 5.74) is 0. The van der Waals surface area contributed by atoms with Gasteiger partial charge in [0, 0.05) is 25.4 Å². The number of ether oxygens (including phenoxy) is 1. The van der Waals surface area contributed by atoms with Gasteiger partial charge in [0.2, 0.25) is 0 Å². The lowest BCUT2D eigenvalue weighted by Gasteiger charge is -2.15. The summed E-state index contributed by atoms with van der Waals surface area (Å²) in [5.74, 6) is 1.50. The van der Waals surface area contributed by atoms with Crippen molar-refractivity contribution in [3.05, 3.63) is 0 Å². The van der Waals surface area contributed by atoms with Gasteiger partial charge in [-0.15, -0.1) is 0 Å². The molecule has 0 bridgehead atoms. The largest absolute Gasteiger partial charge is 0.396 e. The predicted molar refractivity (Wildman–Crippen MR) is 60.9 cm³/mol. The Morgan fingerprint density at radius 2 is 2.29 bits per heavy atom. The Kier molecular flexibility index (Phi) is 6.60. The van der Waals surface area contributed by atoms with Crippen molar-refractivity contribution in [2.24, 2.45) is 5.92 Å². The van der Waals surface area contributed by atoms with Crippen molar-refractivity contribution < 1.29 is 9.84 Å². The SMILES string of the molecule is OCCC1CCN(CCOCCS)C1. The van der Waals surface area contributed by atoms with E-state index in [-0.39, 0.29) is 0 Å². The number of likely N-dealkylation sites (tertiary alicyclic amines) is 1. The van der Waals surface area contributed by atoms with E-state index in [9.17, 15) is 0 Å². The smallest absolute Gasteiger partial charge is 0.0593 e. The molecule has 0 amide bonds. The molecule has 1 atom stereocenters. The number of hydrogen-bond acceptors (Lipinski definition) is 4. The lowest BCUT2D eigenvalue weighted by molar-refractivity contribution is 0.122. The molecular formula is C10H21NO2S. The zero-order chi connectivity index (χ0) is 10.2. The molecule has 1 fully saturated rings. The van der Waals surface area contributed by atoms with Crippen LogP contribution in [0.25, 0.3) is 0 Å². The Labute approximate surface area is 91.8 Å². The third kappa shape index (κ3) is 4.64. The molecule has 1 aliphatic rings. The highest BCUT2D eigenvalue weighted by Crippen LogP contribution is 2.18. The second kappa shape index (κ2) is 7.51. The topological polar surface area (TPSA) is 32.7 Å². The Morgan fingerprint density at radius 3 is 3.00 bits per heavy atom. The molecule has 0 aromatic rings. The molecule has 0 aromatic carbocycles. The minimum atomic E-state index is 0.328. The summed E-state index contributed by atoms with van der Waals surface area (Å²) in [4.78, 5) is 2.42. The maximum atomic E-state index is 8.81. The first-order chi connectivity index (χ1) is 6.86. The number of aliphatic hydroxyl groups is 1. The average Bonchev–Trinajstić information content (AvgIpc) is 2.61. The molecule has 84 valence electrons. The molecule has 14 heavy (non-hydrogen) atoms. The minimum absolute atomic E-state index is 0.328. The van der Waals surface area contributed by atoms with E-state index in [1.54, 1.807) is 0 Å². The van der Waals surface area contributed by atoms with Gasteiger partial charge in [-0.25, -0.2) is 0 Å². The van der Waals surface area contributed by atoms with E-state index in [0.29, 0.717) is 12.5 Å². The highest BCUT2D eigenvalue weighted by molar-refractivity contribution is 7.80. The van der Waals surface area contributed by atoms with Crippen LogP contribution in [0.4, 0.5) is 0 Å². The predicted octanol–water partition coefficient (Wildman–Crippen LogP) is 0.637. The Hall–Kier alpha value is 0.230. The number of thiol groups is 1. The molecule has 4 heteroatoms. The van der Waals surface area contributed by atoms with Gasteiger partial charge in [-0.05, 0) is 25.3 Å². The number of aliphatic hydroxyl groups excluding tert-OH is 1. The highest BCUT2D eigenvalue weighted by atomic mass is 32.1. The minimum Gasteiger partial charge on any atom is -0.396 e. The summed E-state index contributed by atoms with van der Waals surface area (Å²) in [7, 11) is 0. The standard InChI is InChI=1S/C10H21NO2S/c12-5-2-10-1-3-11(9-10)4-6-13-7-8-14/h10,12,14H,1-9H2. The number of rotatable bonds is 7. The second-order valence-corrected chi connectivity index (χ2v) is 4.25. The van der Waals surface area contributed by atoms with E-state index in [4.69, 9.17) is 9.84 Å². The van der Waals surface area contributed by atoms with Gasteiger partial charge in [-0.3, -0.25) is 0 Å². The van der Waals surface area contributed by atoms with E-state index in [2.05, 4.69) is 17.5 Å². The molecule has 1 rings (SSSR count). The van der Waals surface area contributed by atoms with Gasteiger partial charge in [0.05, 0.1) is 13.2 Å². The lowest BCUT2D eigenvalue weighted by atomic mass is 10.1. The van der Waals surface area contributed by atoms with Crippen LogP contribution in [0.1, 0.15) is 12.8 Å². The van der Waals surface area contributed by atoms with Gasteiger partial charge < -0.3 is 14.7 Å². The normalized spacial score (nSPS) is 23.1. The second-order valence-electron chi connectivity index (χ2n) is 3.80. The van der Waals surface area contributed by atoms with Gasteiger partial charge in [0.25, 0.3) is 0 Å².